The van der Waals surface area contributed by atoms with Crippen molar-refractivity contribution in [3.63, 3.8) is 0 Å². The molecule has 0 radical (unpaired) electrons. The third-order valence-corrected chi connectivity index (χ3v) is 7.06. The molecule has 3 fully saturated rings. The molecule has 2 bridgehead atoms. The maximum atomic E-state index is 12.8. The maximum absolute atomic E-state index is 12.8. The van der Waals surface area contributed by atoms with E-state index in [2.05, 4.69) is 59.0 Å². The zero-order valence-corrected chi connectivity index (χ0v) is 17.5. The SMILES string of the molecule is CCNC(=NCCCN1C(=O)C2C3C=CC(C3)C2C1=O)NC1CC1c1ccccc1. The zero-order chi connectivity index (χ0) is 20.7. The molecule has 6 nitrogen and oxygen atoms in total. The van der Waals surface area contributed by atoms with Crippen LogP contribution in [0.15, 0.2) is 47.5 Å². The molecule has 1 aromatic rings. The van der Waals surface area contributed by atoms with E-state index in [1.165, 1.54) is 10.5 Å². The number of nitrogens with one attached hydrogen (secondary N) is 2. The van der Waals surface area contributed by atoms with Gasteiger partial charge in [0.2, 0.25) is 11.8 Å². The number of carbonyl (C=O) groups is 2. The van der Waals surface area contributed by atoms with Crippen molar-refractivity contribution in [3.8, 4) is 0 Å². The highest BCUT2D eigenvalue weighted by molar-refractivity contribution is 6.06. The van der Waals surface area contributed by atoms with Crippen molar-refractivity contribution in [2.45, 2.75) is 38.1 Å². The van der Waals surface area contributed by atoms with Crippen LogP contribution in [0, 0.1) is 23.7 Å². The summed E-state index contributed by atoms with van der Waals surface area (Å²) < 4.78 is 0. The molecule has 2 N–H and O–H groups in total. The van der Waals surface area contributed by atoms with Crippen molar-refractivity contribution < 1.29 is 9.59 Å². The third kappa shape index (κ3) is 3.42. The molecule has 1 aromatic carbocycles. The number of hydrogen-bond donors (Lipinski definition) is 2. The van der Waals surface area contributed by atoms with Gasteiger partial charge in [-0.15, -0.1) is 0 Å². The van der Waals surface area contributed by atoms with Crippen molar-refractivity contribution in [3.05, 3.63) is 48.0 Å². The molecule has 1 heterocycles. The van der Waals surface area contributed by atoms with Crippen LogP contribution in [0.2, 0.25) is 0 Å². The second kappa shape index (κ2) is 7.89. The van der Waals surface area contributed by atoms with Gasteiger partial charge in [-0.25, -0.2) is 0 Å². The first-order valence-electron chi connectivity index (χ1n) is 11.3. The van der Waals surface area contributed by atoms with Crippen molar-refractivity contribution in [1.29, 1.82) is 0 Å². The Kier molecular flexibility index (Phi) is 5.09. The summed E-state index contributed by atoms with van der Waals surface area (Å²) in [7, 11) is 0. The Labute approximate surface area is 177 Å². The van der Waals surface area contributed by atoms with Gasteiger partial charge in [0, 0.05) is 31.6 Å². The van der Waals surface area contributed by atoms with Gasteiger partial charge in [0.25, 0.3) is 0 Å². The smallest absolute Gasteiger partial charge is 0.233 e. The fourth-order valence-corrected chi connectivity index (χ4v) is 5.52. The molecule has 0 spiro atoms. The minimum atomic E-state index is -0.0974. The lowest BCUT2D eigenvalue weighted by Crippen LogP contribution is -2.39. The number of rotatable bonds is 7. The molecule has 1 aliphatic heterocycles. The molecule has 158 valence electrons. The molecule has 30 heavy (non-hydrogen) atoms. The Balaban J connectivity index is 1.12. The Morgan fingerprint density at radius 3 is 2.43 bits per heavy atom. The van der Waals surface area contributed by atoms with Gasteiger partial charge in [-0.1, -0.05) is 42.5 Å². The van der Waals surface area contributed by atoms with E-state index in [1.807, 2.05) is 6.07 Å². The summed E-state index contributed by atoms with van der Waals surface area (Å²) in [6.07, 6.45) is 7.07. The number of allylic oxidation sites excluding steroid dienone is 2. The minimum absolute atomic E-state index is 0.0412. The highest BCUT2D eigenvalue weighted by Crippen LogP contribution is 2.52. The van der Waals surface area contributed by atoms with Gasteiger partial charge in [-0.3, -0.25) is 19.5 Å². The average molecular weight is 407 g/mol. The summed E-state index contributed by atoms with van der Waals surface area (Å²) in [5, 5.41) is 6.83. The number of likely N-dealkylation sites (tertiary alicyclic amines) is 1. The number of fused-ring (bicyclic) bond motifs is 5. The topological polar surface area (TPSA) is 73.8 Å². The van der Waals surface area contributed by atoms with Crippen LogP contribution < -0.4 is 10.6 Å². The van der Waals surface area contributed by atoms with E-state index >= 15 is 0 Å². The number of hydrogen-bond acceptors (Lipinski definition) is 3. The molecular weight excluding hydrogens is 376 g/mol. The first kappa shape index (κ1) is 19.3. The molecule has 6 heteroatoms. The molecule has 3 aliphatic carbocycles. The third-order valence-electron chi connectivity index (χ3n) is 7.06. The van der Waals surface area contributed by atoms with Crippen LogP contribution in [-0.2, 0) is 9.59 Å². The molecule has 0 aromatic heterocycles. The highest BCUT2D eigenvalue weighted by Gasteiger charge is 2.58. The number of aliphatic imine (C=N–C) groups is 1. The molecular formula is C24H30N4O2. The summed E-state index contributed by atoms with van der Waals surface area (Å²) in [4.78, 5) is 31.7. The molecule has 1 saturated heterocycles. The van der Waals surface area contributed by atoms with Gasteiger partial charge >= 0.3 is 0 Å². The molecule has 2 amide bonds. The summed E-state index contributed by atoms with van der Waals surface area (Å²) in [6.45, 7) is 3.93. The van der Waals surface area contributed by atoms with Crippen molar-refractivity contribution >= 4 is 17.8 Å². The predicted molar refractivity (Wildman–Crippen MR) is 116 cm³/mol. The van der Waals surface area contributed by atoms with Gasteiger partial charge < -0.3 is 10.6 Å². The standard InChI is InChI=1S/C24H30N4O2/c1-2-25-24(27-19-14-18(19)15-7-4-3-5-8-15)26-11-6-12-28-22(29)20-16-9-10-17(13-16)21(20)23(28)30/h3-5,7-10,16-21H,2,6,11-14H2,1H3,(H2,25,26,27). The largest absolute Gasteiger partial charge is 0.357 e. The molecule has 2 saturated carbocycles. The minimum Gasteiger partial charge on any atom is -0.357 e. The second-order valence-corrected chi connectivity index (χ2v) is 8.95. The van der Waals surface area contributed by atoms with Crippen molar-refractivity contribution in [1.82, 2.24) is 15.5 Å². The second-order valence-electron chi connectivity index (χ2n) is 8.95. The van der Waals surface area contributed by atoms with Crippen LogP contribution in [-0.4, -0.2) is 48.3 Å². The van der Waals surface area contributed by atoms with Crippen LogP contribution in [0.3, 0.4) is 0 Å². The van der Waals surface area contributed by atoms with Gasteiger partial charge in [0.05, 0.1) is 11.8 Å². The van der Waals surface area contributed by atoms with Gasteiger partial charge in [0.15, 0.2) is 5.96 Å². The monoisotopic (exact) mass is 406 g/mol. The average Bonchev–Trinajstić information content (AvgIpc) is 3.09. The van der Waals surface area contributed by atoms with E-state index < -0.39 is 0 Å². The molecule has 5 rings (SSSR count). The van der Waals surface area contributed by atoms with E-state index in [1.54, 1.807) is 0 Å². The summed E-state index contributed by atoms with van der Waals surface area (Å²) >= 11 is 0. The number of imide groups is 1. The maximum Gasteiger partial charge on any atom is 0.233 e. The van der Waals surface area contributed by atoms with Crippen molar-refractivity contribution in [2.24, 2.45) is 28.7 Å². The number of benzene rings is 1. The summed E-state index contributed by atoms with van der Waals surface area (Å²) in [6, 6.07) is 11.0. The number of guanidine groups is 1. The lowest BCUT2D eigenvalue weighted by atomic mass is 9.85. The summed E-state index contributed by atoms with van der Waals surface area (Å²) in [5.74, 6) is 1.80. The van der Waals surface area contributed by atoms with E-state index in [-0.39, 0.29) is 35.5 Å². The van der Waals surface area contributed by atoms with E-state index in [9.17, 15) is 9.59 Å². The number of carbonyl (C=O) groups excluding carboxylic acids is 2. The Hall–Kier alpha value is -2.63. The van der Waals surface area contributed by atoms with Crippen LogP contribution in [0.5, 0.6) is 0 Å². The summed E-state index contributed by atoms with van der Waals surface area (Å²) in [5.41, 5.74) is 1.37. The fraction of sp³-hybridized carbons (Fsp3) is 0.542. The van der Waals surface area contributed by atoms with E-state index in [0.29, 0.717) is 31.5 Å². The predicted octanol–water partition coefficient (Wildman–Crippen LogP) is 2.29. The highest BCUT2D eigenvalue weighted by atomic mass is 16.2. The van der Waals surface area contributed by atoms with E-state index in [4.69, 9.17) is 0 Å². The Morgan fingerprint density at radius 1 is 1.07 bits per heavy atom. The van der Waals surface area contributed by atoms with Gasteiger partial charge in [0.1, 0.15) is 0 Å². The quantitative estimate of drug-likeness (QED) is 0.240. The zero-order valence-electron chi connectivity index (χ0n) is 17.5. The molecule has 6 unspecified atom stereocenters. The van der Waals surface area contributed by atoms with Crippen LogP contribution in [0.4, 0.5) is 0 Å². The number of amides is 2. The van der Waals surface area contributed by atoms with Crippen LogP contribution >= 0.6 is 0 Å². The Morgan fingerprint density at radius 2 is 1.77 bits per heavy atom. The lowest BCUT2D eigenvalue weighted by Gasteiger charge is -2.17. The normalized spacial score (nSPS) is 33.9. The van der Waals surface area contributed by atoms with E-state index in [0.717, 1.165) is 25.3 Å². The van der Waals surface area contributed by atoms with Gasteiger partial charge in [-0.2, -0.15) is 0 Å². The molecule has 6 atom stereocenters. The first-order valence-corrected chi connectivity index (χ1v) is 11.3. The van der Waals surface area contributed by atoms with Crippen LogP contribution in [0.25, 0.3) is 0 Å². The van der Waals surface area contributed by atoms with Crippen molar-refractivity contribution in [2.75, 3.05) is 19.6 Å². The molecule has 4 aliphatic rings. The Bertz CT molecular complexity index is 850. The first-order chi connectivity index (χ1) is 14.7. The number of nitrogens with zero attached hydrogens (tertiary/aromatic N) is 2. The fourth-order valence-electron chi connectivity index (χ4n) is 5.52. The van der Waals surface area contributed by atoms with Gasteiger partial charge in [-0.05, 0) is 43.6 Å². The van der Waals surface area contributed by atoms with Crippen LogP contribution in [0.1, 0.15) is 37.7 Å². The lowest BCUT2D eigenvalue weighted by molar-refractivity contribution is -0.140.